The van der Waals surface area contributed by atoms with E-state index in [9.17, 15) is 0 Å². The molecule has 8 heterocycles. The first-order chi connectivity index (χ1) is 70.4. The molecule has 142 heavy (non-hydrogen) atoms. The monoisotopic (exact) mass is 1860 g/mol. The van der Waals surface area contributed by atoms with E-state index < -0.39 is 0 Å². The molecule has 0 aliphatic rings. The lowest BCUT2D eigenvalue weighted by atomic mass is 9.98. The molecular formula is C132H83N7S3. The van der Waals surface area contributed by atoms with Crippen LogP contribution in [0.1, 0.15) is 0 Å². The van der Waals surface area contributed by atoms with Crippen molar-refractivity contribution in [2.75, 3.05) is 0 Å². The zero-order valence-electron chi connectivity index (χ0n) is 76.8. The fourth-order valence-corrected chi connectivity index (χ4v) is 24.8. The van der Waals surface area contributed by atoms with Crippen LogP contribution in [0.5, 0.6) is 0 Å². The van der Waals surface area contributed by atoms with Crippen molar-refractivity contribution < 1.29 is 0 Å². The highest BCUT2D eigenvalue weighted by Gasteiger charge is 2.25. The molecule has 0 spiro atoms. The van der Waals surface area contributed by atoms with Crippen molar-refractivity contribution in [3.8, 4) is 129 Å². The quantitative estimate of drug-likeness (QED) is 0.115. The largest absolute Gasteiger partial charge is 0.309 e. The lowest BCUT2D eigenvalue weighted by molar-refractivity contribution is 0.995. The Labute approximate surface area is 830 Å². The third kappa shape index (κ3) is 14.8. The van der Waals surface area contributed by atoms with E-state index in [4.69, 9.17) is 19.9 Å². The molecule has 29 rings (SSSR count). The van der Waals surface area contributed by atoms with Gasteiger partial charge < -0.3 is 4.57 Å². The van der Waals surface area contributed by atoms with E-state index in [1.165, 1.54) is 182 Å². The minimum Gasteiger partial charge on any atom is -0.309 e. The number of aromatic nitrogens is 7. The summed E-state index contributed by atoms with van der Waals surface area (Å²) in [6, 6.07) is 180. The molecule has 8 aromatic heterocycles. The van der Waals surface area contributed by atoms with Crippen LogP contribution >= 0.6 is 34.0 Å². The maximum absolute atomic E-state index is 5.32. The molecular weight excluding hydrogens is 1780 g/mol. The Morgan fingerprint density at radius 2 is 0.437 bits per heavy atom. The van der Waals surface area contributed by atoms with Gasteiger partial charge in [-0.3, -0.25) is 9.13 Å². The molecule has 29 aromatic rings. The Morgan fingerprint density at radius 1 is 0.155 bits per heavy atom. The van der Waals surface area contributed by atoms with Gasteiger partial charge >= 0.3 is 0 Å². The molecule has 0 atom stereocenters. The van der Waals surface area contributed by atoms with E-state index in [0.29, 0.717) is 11.9 Å². The zero-order chi connectivity index (χ0) is 93.7. The molecule has 0 radical (unpaired) electrons. The van der Waals surface area contributed by atoms with Gasteiger partial charge in [-0.15, -0.1) is 34.0 Å². The van der Waals surface area contributed by atoms with Crippen LogP contribution in [0.3, 0.4) is 0 Å². The van der Waals surface area contributed by atoms with E-state index >= 15 is 0 Å². The first-order valence-corrected chi connectivity index (χ1v) is 50.5. The summed E-state index contributed by atoms with van der Waals surface area (Å²) in [6.07, 6.45) is 0. The zero-order valence-corrected chi connectivity index (χ0v) is 79.2. The molecule has 7 nitrogen and oxygen atoms in total. The second-order valence-electron chi connectivity index (χ2n) is 36.2. The van der Waals surface area contributed by atoms with Crippen molar-refractivity contribution in [2.24, 2.45) is 0 Å². The summed E-state index contributed by atoms with van der Waals surface area (Å²) >= 11 is 5.62. The summed E-state index contributed by atoms with van der Waals surface area (Å²) in [7, 11) is 0. The van der Waals surface area contributed by atoms with Crippen molar-refractivity contribution in [3.63, 3.8) is 0 Å². The summed E-state index contributed by atoms with van der Waals surface area (Å²) in [5, 5.41) is 16.2. The Morgan fingerprint density at radius 3 is 0.845 bits per heavy atom. The number of fused-ring (bicyclic) bond motifs is 19. The number of hydrogen-bond donors (Lipinski definition) is 0. The van der Waals surface area contributed by atoms with Crippen molar-refractivity contribution >= 4 is 171 Å². The minimum absolute atomic E-state index is 0.652. The molecule has 0 fully saturated rings. The van der Waals surface area contributed by atoms with Gasteiger partial charge in [0.05, 0.1) is 55.7 Å². The maximum atomic E-state index is 5.32. The number of hydrogen-bond acceptors (Lipinski definition) is 7. The van der Waals surface area contributed by atoms with E-state index in [1.807, 2.05) is 58.3 Å². The Hall–Kier alpha value is -17.9. The van der Waals surface area contributed by atoms with Crippen molar-refractivity contribution in [3.05, 3.63) is 504 Å². The van der Waals surface area contributed by atoms with Crippen LogP contribution in [-0.2, 0) is 0 Å². The van der Waals surface area contributed by atoms with Crippen molar-refractivity contribution in [1.82, 2.24) is 33.6 Å². The standard InChI is InChI=1S/C46H29N3S.C44H27N3S.C42H27NS/c1-3-12-30(13-4-1)31-22-24-33(25-23-31)41-29-40(32-14-5-2-6-15-32)47-46(48-41)49-42-20-9-7-16-36(42)39-28-34(26-27-43(39)49)35-18-11-19-38-37-17-8-10-21-44(37)50-45(35)38;1-2-11-28(12-3-1)29-21-23-30(24-22-29)42-36-15-4-7-18-38(36)45-44(46-42)47-39-19-8-5-13-33(39)37-27-31(25-26-40(37)47)32-16-10-17-35-34-14-6-9-20-41(34)48-43(32)35;1-3-12-28(13-4-1)31-24-32(29-14-5-2-6-15-29)26-33(25-31)43-39-20-9-7-16-35(39)38-27-30(22-23-40(38)43)34-18-11-19-37-36-17-8-10-21-41(36)44-42(34)37/h1-29H;1-27H;1-27H. The lowest BCUT2D eigenvalue weighted by Gasteiger charge is -2.14. The van der Waals surface area contributed by atoms with E-state index in [0.717, 1.165) is 72.4 Å². The topological polar surface area (TPSA) is 66.3 Å². The van der Waals surface area contributed by atoms with Crippen LogP contribution in [0, 0.1) is 0 Å². The Bertz CT molecular complexity index is 9920. The highest BCUT2D eigenvalue weighted by molar-refractivity contribution is 7.27. The van der Waals surface area contributed by atoms with E-state index in [2.05, 4.69) is 493 Å². The Kier molecular flexibility index (Phi) is 20.7. The van der Waals surface area contributed by atoms with Crippen LogP contribution in [0.2, 0.25) is 0 Å². The van der Waals surface area contributed by atoms with Crippen molar-refractivity contribution in [1.29, 1.82) is 0 Å². The third-order valence-corrected chi connectivity index (χ3v) is 31.5. The SMILES string of the molecule is c1ccc(-c2cc(-c3ccccc3)cc(-n3c4ccccc4c4cc(-c5cccc6c5sc5ccccc56)ccc43)c2)cc1.c1ccc(-c2ccc(-c3cc(-c4ccccc4)nc(-n4c5ccccc5c5cc(-c6cccc7c6sc6ccccc67)ccc54)n3)cc2)cc1.c1ccc(-c2ccc(-c3nc(-n4c5ccccc5c5cc(-c6cccc7c6sc6ccccc67)ccc54)nc4ccccc34)cc2)cc1. The molecule has 0 unspecified atom stereocenters. The molecule has 0 aliphatic heterocycles. The normalized spacial score (nSPS) is 11.7. The molecule has 664 valence electrons. The minimum atomic E-state index is 0.652. The van der Waals surface area contributed by atoms with Gasteiger partial charge in [-0.1, -0.05) is 400 Å². The average Bonchev–Trinajstić information content (AvgIpc) is 1.59. The third-order valence-electron chi connectivity index (χ3n) is 27.9. The van der Waals surface area contributed by atoms with Crippen LogP contribution in [0.15, 0.2) is 504 Å². The molecule has 0 aliphatic carbocycles. The highest BCUT2D eigenvalue weighted by atomic mass is 32.1. The maximum Gasteiger partial charge on any atom is 0.235 e. The number of rotatable bonds is 13. The molecule has 0 amide bonds. The summed E-state index contributed by atoms with van der Waals surface area (Å²) in [5.41, 5.74) is 31.8. The molecule has 0 saturated heterocycles. The molecule has 0 N–H and O–H groups in total. The van der Waals surface area contributed by atoms with Gasteiger partial charge in [0.15, 0.2) is 0 Å². The van der Waals surface area contributed by atoms with Gasteiger partial charge in [-0.05, 0) is 181 Å². The van der Waals surface area contributed by atoms with Gasteiger partial charge in [0.1, 0.15) is 0 Å². The number of benzene rings is 21. The van der Waals surface area contributed by atoms with Crippen LogP contribution in [-0.4, -0.2) is 33.6 Å². The average molecular weight is 1860 g/mol. The van der Waals surface area contributed by atoms with Crippen molar-refractivity contribution in [2.45, 2.75) is 0 Å². The summed E-state index contributed by atoms with van der Waals surface area (Å²) in [4.78, 5) is 21.0. The highest BCUT2D eigenvalue weighted by Crippen LogP contribution is 2.49. The van der Waals surface area contributed by atoms with Gasteiger partial charge in [-0.25, -0.2) is 19.9 Å². The number of para-hydroxylation sites is 4. The van der Waals surface area contributed by atoms with Gasteiger partial charge in [-0.2, -0.15) is 0 Å². The lowest BCUT2D eigenvalue weighted by Crippen LogP contribution is -2.04. The van der Waals surface area contributed by atoms with Crippen LogP contribution in [0.4, 0.5) is 0 Å². The van der Waals surface area contributed by atoms with Gasteiger partial charge in [0, 0.05) is 121 Å². The second-order valence-corrected chi connectivity index (χ2v) is 39.3. The molecule has 0 bridgehead atoms. The molecule has 10 heteroatoms. The molecule has 0 saturated carbocycles. The number of thiophene rings is 3. The fourth-order valence-electron chi connectivity index (χ4n) is 21.1. The van der Waals surface area contributed by atoms with Crippen LogP contribution < -0.4 is 0 Å². The van der Waals surface area contributed by atoms with Crippen LogP contribution in [0.25, 0.3) is 266 Å². The first-order valence-electron chi connectivity index (χ1n) is 48.0. The smallest absolute Gasteiger partial charge is 0.235 e. The number of nitrogens with zero attached hydrogens (tertiary/aromatic N) is 7. The second kappa shape index (κ2) is 35.3. The predicted octanol–water partition coefficient (Wildman–Crippen LogP) is 36.9. The van der Waals surface area contributed by atoms with E-state index in [1.54, 1.807) is 0 Å². The summed E-state index contributed by atoms with van der Waals surface area (Å²) in [6.45, 7) is 0. The molecule has 21 aromatic carbocycles. The fraction of sp³-hybridized carbons (Fsp3) is 0. The summed E-state index contributed by atoms with van der Waals surface area (Å²) < 4.78 is 14.8. The van der Waals surface area contributed by atoms with Gasteiger partial charge in [0.2, 0.25) is 11.9 Å². The van der Waals surface area contributed by atoms with E-state index in [-0.39, 0.29) is 0 Å². The predicted molar refractivity (Wildman–Crippen MR) is 604 cm³/mol. The summed E-state index contributed by atoms with van der Waals surface area (Å²) in [5.74, 6) is 1.32. The van der Waals surface area contributed by atoms with Gasteiger partial charge in [0.25, 0.3) is 0 Å². The first kappa shape index (κ1) is 83.5. The Balaban J connectivity index is 0.000000107.